The second-order valence-electron chi connectivity index (χ2n) is 5.44. The molecule has 0 atom stereocenters. The van der Waals surface area contributed by atoms with Gasteiger partial charge in [0.25, 0.3) is 20.0 Å². The van der Waals surface area contributed by atoms with E-state index in [0.717, 1.165) is 0 Å². The molecule has 0 amide bonds. The Kier molecular flexibility index (Phi) is 7.23. The normalized spacial score (nSPS) is 16.8. The van der Waals surface area contributed by atoms with E-state index in [1.165, 1.54) is 0 Å². The van der Waals surface area contributed by atoms with Crippen molar-refractivity contribution in [2.45, 2.75) is 46.6 Å². The summed E-state index contributed by atoms with van der Waals surface area (Å²) in [6, 6.07) is 0. The Morgan fingerprint density at radius 2 is 0.455 bits per heavy atom. The van der Waals surface area contributed by atoms with Gasteiger partial charge in [0, 0.05) is 0 Å². The minimum Gasteiger partial charge on any atom is -0.210 e. The van der Waals surface area contributed by atoms with Crippen molar-refractivity contribution in [1.82, 2.24) is 4.13 Å². The maximum Gasteiger partial charge on any atom is 0.427 e. The van der Waals surface area contributed by atoms with Crippen LogP contribution in [0.1, 0.15) is 0 Å². The van der Waals surface area contributed by atoms with Crippen LogP contribution in [0.5, 0.6) is 0 Å². The molecule has 0 aromatic carbocycles. The van der Waals surface area contributed by atoms with Gasteiger partial charge < -0.3 is 0 Å². The lowest BCUT2D eigenvalue weighted by molar-refractivity contribution is -0.348. The molecular weight excluding hydrogens is 580 g/mol. The Morgan fingerprint density at radius 3 is 0.545 bits per heavy atom. The van der Waals surface area contributed by atoms with Crippen molar-refractivity contribution in [3.63, 3.8) is 0 Å². The van der Waals surface area contributed by atoms with Gasteiger partial charge in [-0.3, -0.25) is 0 Å². The molecule has 0 unspecified atom stereocenters. The minimum absolute atomic E-state index is 1.92. The first-order chi connectivity index (χ1) is 13.7. The maximum absolute atomic E-state index is 12.7. The highest BCUT2D eigenvalue weighted by molar-refractivity contribution is 8.06. The predicted molar refractivity (Wildman–Crippen MR) is 62.8 cm³/mol. The highest BCUT2D eigenvalue weighted by atomic mass is 32.3. The first-order valence-electron chi connectivity index (χ1n) is 6.38. The molecule has 25 heteroatoms. The fourth-order valence-corrected chi connectivity index (χ4v) is 6.13. The van der Waals surface area contributed by atoms with E-state index in [4.69, 9.17) is 0 Å². The number of rotatable bonds is 4. The minimum atomic E-state index is -9.29. The summed E-state index contributed by atoms with van der Waals surface area (Å²) in [7, 11) is -18.6. The van der Waals surface area contributed by atoms with Crippen molar-refractivity contribution in [2.75, 3.05) is 0 Å². The van der Waals surface area contributed by atoms with Crippen LogP contribution in [-0.2, 0) is 20.0 Å². The van der Waals surface area contributed by atoms with Gasteiger partial charge in [-0.15, -0.1) is 4.13 Å². The Hall–Kier alpha value is -1.40. The van der Waals surface area contributed by atoms with E-state index in [2.05, 4.69) is 0 Å². The predicted octanol–water partition coefficient (Wildman–Crippen LogP) is 4.09. The number of sulfonamides is 2. The quantitative estimate of drug-likeness (QED) is 0.508. The van der Waals surface area contributed by atoms with Gasteiger partial charge in [0.15, 0.2) is 0 Å². The summed E-state index contributed by atoms with van der Waals surface area (Å²) < 4.78 is 255. The van der Waals surface area contributed by atoms with E-state index in [-0.39, 0.29) is 0 Å². The van der Waals surface area contributed by atoms with Crippen LogP contribution < -0.4 is 4.13 Å². The molecule has 33 heavy (non-hydrogen) atoms. The molecule has 0 aromatic rings. The van der Waals surface area contributed by atoms with Gasteiger partial charge >= 0.3 is 46.6 Å². The molecule has 1 N–H and O–H groups in total. The van der Waals surface area contributed by atoms with Crippen LogP contribution in [0.4, 0.5) is 79.0 Å². The molecule has 0 aliphatic heterocycles. The fraction of sp³-hybridized carbons (Fsp3) is 1.00. The third kappa shape index (κ3) is 4.27. The molecule has 0 rings (SSSR count). The second kappa shape index (κ2) is 7.55. The Balaban J connectivity index is 7.81. The summed E-state index contributed by atoms with van der Waals surface area (Å²) in [5.41, 5.74) is 0. The van der Waals surface area contributed by atoms with E-state index in [1.807, 2.05) is 0 Å². The van der Waals surface area contributed by atoms with Gasteiger partial charge in [-0.05, 0) is 0 Å². The van der Waals surface area contributed by atoms with Crippen molar-refractivity contribution >= 4 is 20.0 Å². The Morgan fingerprint density at radius 1 is 0.333 bits per heavy atom. The standard InChI is InChI=1S/C8HF18NO4S2/c9-3(10,11)1(4(12,13)14,5(15,16)17)32(28,29)27-33(30,31)2(6(18,19)20,7(21,22)23)8(24,25)26/h27H. The fourth-order valence-electron chi connectivity index (χ4n) is 2.15. The zero-order valence-electron chi connectivity index (χ0n) is 13.8. The summed E-state index contributed by atoms with van der Waals surface area (Å²) in [5, 5.41) is 0. The van der Waals surface area contributed by atoms with E-state index < -0.39 is 70.7 Å². The second-order valence-corrected chi connectivity index (χ2v) is 9.34. The van der Waals surface area contributed by atoms with Gasteiger partial charge in [0.05, 0.1) is 0 Å². The van der Waals surface area contributed by atoms with Crippen LogP contribution in [0.15, 0.2) is 0 Å². The van der Waals surface area contributed by atoms with Gasteiger partial charge in [-0.1, -0.05) is 0 Å². The molecule has 0 fully saturated rings. The zero-order chi connectivity index (χ0) is 27.7. The third-order valence-corrected chi connectivity index (χ3v) is 8.18. The lowest BCUT2D eigenvalue weighted by atomic mass is 10.1. The third-order valence-electron chi connectivity index (χ3n) is 3.42. The lowest BCUT2D eigenvalue weighted by Crippen LogP contribution is -2.77. The SMILES string of the molecule is O=S(=O)(NS(=O)(=O)C(C(F)(F)F)(C(F)(F)F)C(F)(F)F)C(C(F)(F)F)(C(F)(F)F)C(F)(F)F. The van der Waals surface area contributed by atoms with Crippen molar-refractivity contribution < 1.29 is 95.9 Å². The number of hydrogen-bond acceptors (Lipinski definition) is 4. The first-order valence-corrected chi connectivity index (χ1v) is 9.35. The average molecular weight is 581 g/mol. The van der Waals surface area contributed by atoms with Gasteiger partial charge in [0.1, 0.15) is 0 Å². The number of alkyl halides is 18. The summed E-state index contributed by atoms with van der Waals surface area (Å²) in [6.45, 7) is 0. The number of halogens is 18. The Bertz CT molecular complexity index is 790. The molecule has 0 radical (unpaired) electrons. The molecule has 200 valence electrons. The van der Waals surface area contributed by atoms with Crippen LogP contribution >= 0.6 is 0 Å². The number of nitrogens with one attached hydrogen (secondary N) is 1. The van der Waals surface area contributed by atoms with Crippen LogP contribution in [0.25, 0.3) is 0 Å². The van der Waals surface area contributed by atoms with Crippen LogP contribution in [0.2, 0.25) is 0 Å². The van der Waals surface area contributed by atoms with Crippen molar-refractivity contribution in [2.24, 2.45) is 0 Å². The molecule has 0 aliphatic rings. The molecule has 0 saturated carbocycles. The average Bonchev–Trinajstić information content (AvgIpc) is 2.22. The Labute approximate surface area is 167 Å². The summed E-state index contributed by atoms with van der Waals surface area (Å²) >= 11 is 0. The van der Waals surface area contributed by atoms with E-state index >= 15 is 0 Å². The van der Waals surface area contributed by atoms with Crippen LogP contribution in [0.3, 0.4) is 0 Å². The molecule has 5 nitrogen and oxygen atoms in total. The largest absolute Gasteiger partial charge is 0.427 e. The zero-order valence-corrected chi connectivity index (χ0v) is 15.4. The molecule has 0 heterocycles. The lowest BCUT2D eigenvalue weighted by Gasteiger charge is -2.40. The molecule has 0 saturated heterocycles. The smallest absolute Gasteiger partial charge is 0.210 e. The van der Waals surface area contributed by atoms with E-state index in [0.29, 0.717) is 0 Å². The summed E-state index contributed by atoms with van der Waals surface area (Å²) in [6.07, 6.45) is -50.2. The monoisotopic (exact) mass is 581 g/mol. The van der Waals surface area contributed by atoms with Crippen LogP contribution in [0, 0.1) is 0 Å². The highest BCUT2D eigenvalue weighted by Crippen LogP contribution is 2.60. The van der Waals surface area contributed by atoms with Crippen LogP contribution in [-0.4, -0.2) is 63.4 Å². The van der Waals surface area contributed by atoms with Gasteiger partial charge in [-0.25, -0.2) is 16.8 Å². The molecule has 0 bridgehead atoms. The first kappa shape index (κ1) is 31.6. The van der Waals surface area contributed by atoms with Crippen molar-refractivity contribution in [3.8, 4) is 0 Å². The molecular formula is C8HF18NO4S2. The molecule has 0 spiro atoms. The van der Waals surface area contributed by atoms with E-state index in [1.54, 1.807) is 0 Å². The topological polar surface area (TPSA) is 80.3 Å². The molecule has 0 aliphatic carbocycles. The van der Waals surface area contributed by atoms with E-state index in [9.17, 15) is 95.9 Å². The summed E-state index contributed by atoms with van der Waals surface area (Å²) in [5.74, 6) is 0. The highest BCUT2D eigenvalue weighted by Gasteiger charge is 2.94. The number of hydrogen-bond donors (Lipinski definition) is 1. The van der Waals surface area contributed by atoms with Gasteiger partial charge in [-0.2, -0.15) is 79.0 Å². The van der Waals surface area contributed by atoms with Gasteiger partial charge in [0.2, 0.25) is 0 Å². The van der Waals surface area contributed by atoms with Crippen molar-refractivity contribution in [1.29, 1.82) is 0 Å². The molecule has 0 aromatic heterocycles. The van der Waals surface area contributed by atoms with Crippen molar-refractivity contribution in [3.05, 3.63) is 0 Å². The summed E-state index contributed by atoms with van der Waals surface area (Å²) in [4.78, 5) is 0. The maximum atomic E-state index is 12.7.